The van der Waals surface area contributed by atoms with Gasteiger partial charge in [0.25, 0.3) is 5.91 Å². The summed E-state index contributed by atoms with van der Waals surface area (Å²) < 4.78 is 0. The van der Waals surface area contributed by atoms with Crippen LogP contribution in [-0.4, -0.2) is 33.9 Å². The van der Waals surface area contributed by atoms with E-state index in [0.29, 0.717) is 17.4 Å². The number of rotatable bonds is 4. The van der Waals surface area contributed by atoms with Gasteiger partial charge in [0, 0.05) is 24.8 Å². The number of nitrogens with one attached hydrogen (secondary N) is 1. The number of anilines is 2. The number of carbonyl (C=O) groups is 1. The summed E-state index contributed by atoms with van der Waals surface area (Å²) in [5, 5.41) is 3.40. The van der Waals surface area contributed by atoms with Crippen LogP contribution in [0.1, 0.15) is 60.6 Å². The zero-order valence-electron chi connectivity index (χ0n) is 15.2. The Morgan fingerprint density at radius 2 is 1.92 bits per heavy atom. The van der Waals surface area contributed by atoms with E-state index in [1.165, 1.54) is 18.3 Å². The molecule has 0 unspecified atom stereocenters. The first-order valence-electron chi connectivity index (χ1n) is 9.04. The molecular formula is C20H26N4O. The van der Waals surface area contributed by atoms with Gasteiger partial charge in [-0.3, -0.25) is 4.79 Å². The number of amides is 1. The van der Waals surface area contributed by atoms with Crippen molar-refractivity contribution in [2.75, 3.05) is 18.4 Å². The SMILES string of the molecule is Cc1cccc(C(C)C)c1Nc1cc(C(=O)N2CCCCC2)ncn1. The topological polar surface area (TPSA) is 58.1 Å². The highest BCUT2D eigenvalue weighted by Gasteiger charge is 2.20. The summed E-state index contributed by atoms with van der Waals surface area (Å²) >= 11 is 0. The largest absolute Gasteiger partial charge is 0.340 e. The van der Waals surface area contributed by atoms with Crippen LogP contribution in [0.25, 0.3) is 0 Å². The van der Waals surface area contributed by atoms with Crippen LogP contribution in [0.4, 0.5) is 11.5 Å². The highest BCUT2D eigenvalue weighted by atomic mass is 16.2. The number of likely N-dealkylation sites (tertiary alicyclic amines) is 1. The monoisotopic (exact) mass is 338 g/mol. The summed E-state index contributed by atoms with van der Waals surface area (Å²) in [6, 6.07) is 8.03. The highest BCUT2D eigenvalue weighted by Crippen LogP contribution is 2.29. The van der Waals surface area contributed by atoms with E-state index < -0.39 is 0 Å². The van der Waals surface area contributed by atoms with Gasteiger partial charge in [-0.1, -0.05) is 32.0 Å². The third-order valence-electron chi connectivity index (χ3n) is 4.71. The Morgan fingerprint density at radius 3 is 2.64 bits per heavy atom. The minimum atomic E-state index is -0.000910. The number of carbonyl (C=O) groups excluding carboxylic acids is 1. The molecule has 1 aliphatic heterocycles. The first kappa shape index (κ1) is 17.4. The Morgan fingerprint density at radius 1 is 1.16 bits per heavy atom. The second-order valence-corrected chi connectivity index (χ2v) is 6.96. The Bertz CT molecular complexity index is 751. The highest BCUT2D eigenvalue weighted by molar-refractivity contribution is 5.93. The Labute approximate surface area is 149 Å². The normalized spacial score (nSPS) is 14.6. The number of nitrogens with zero attached hydrogens (tertiary/aromatic N) is 3. The maximum absolute atomic E-state index is 12.7. The molecule has 2 heterocycles. The van der Waals surface area contributed by atoms with Crippen molar-refractivity contribution in [2.24, 2.45) is 0 Å². The molecule has 1 fully saturated rings. The van der Waals surface area contributed by atoms with Crippen molar-refractivity contribution in [3.05, 3.63) is 47.4 Å². The van der Waals surface area contributed by atoms with E-state index in [2.05, 4.69) is 54.3 Å². The van der Waals surface area contributed by atoms with Crippen LogP contribution in [0.15, 0.2) is 30.6 Å². The molecule has 0 atom stereocenters. The second-order valence-electron chi connectivity index (χ2n) is 6.96. The van der Waals surface area contributed by atoms with Crippen molar-refractivity contribution in [1.82, 2.24) is 14.9 Å². The first-order valence-corrected chi connectivity index (χ1v) is 9.04. The van der Waals surface area contributed by atoms with Crippen LogP contribution < -0.4 is 5.32 Å². The molecule has 0 spiro atoms. The molecule has 0 radical (unpaired) electrons. The summed E-state index contributed by atoms with van der Waals surface area (Å²) in [6.45, 7) is 8.06. The predicted octanol–water partition coefficient (Wildman–Crippen LogP) is 4.28. The van der Waals surface area contributed by atoms with Gasteiger partial charge in [0.15, 0.2) is 0 Å². The maximum Gasteiger partial charge on any atom is 0.272 e. The Balaban J connectivity index is 1.84. The summed E-state index contributed by atoms with van der Waals surface area (Å²) in [5.41, 5.74) is 3.92. The van der Waals surface area contributed by atoms with Crippen molar-refractivity contribution >= 4 is 17.4 Å². The number of aryl methyl sites for hydroxylation is 1. The van der Waals surface area contributed by atoms with E-state index in [4.69, 9.17) is 0 Å². The summed E-state index contributed by atoms with van der Waals surface area (Å²) in [7, 11) is 0. The van der Waals surface area contributed by atoms with Crippen molar-refractivity contribution in [3.8, 4) is 0 Å². The molecule has 1 aromatic heterocycles. The Hall–Kier alpha value is -2.43. The summed E-state index contributed by atoms with van der Waals surface area (Å²) in [6.07, 6.45) is 4.81. The molecule has 1 aliphatic rings. The number of aromatic nitrogens is 2. The quantitative estimate of drug-likeness (QED) is 0.904. The number of hydrogen-bond donors (Lipinski definition) is 1. The van der Waals surface area contributed by atoms with Crippen LogP contribution in [-0.2, 0) is 0 Å². The van der Waals surface area contributed by atoms with Gasteiger partial charge in [-0.2, -0.15) is 0 Å². The van der Waals surface area contributed by atoms with Crippen molar-refractivity contribution in [1.29, 1.82) is 0 Å². The lowest BCUT2D eigenvalue weighted by Crippen LogP contribution is -2.36. The molecular weight excluding hydrogens is 312 g/mol. The van der Waals surface area contributed by atoms with Crippen LogP contribution >= 0.6 is 0 Å². The van der Waals surface area contributed by atoms with Gasteiger partial charge in [0.05, 0.1) is 0 Å². The molecule has 0 aliphatic carbocycles. The van der Waals surface area contributed by atoms with Crippen LogP contribution in [0.5, 0.6) is 0 Å². The molecule has 0 saturated carbocycles. The number of piperidine rings is 1. The van der Waals surface area contributed by atoms with E-state index in [1.54, 1.807) is 6.07 Å². The van der Waals surface area contributed by atoms with Gasteiger partial charge in [0.1, 0.15) is 17.8 Å². The van der Waals surface area contributed by atoms with Crippen LogP contribution in [0, 0.1) is 6.92 Å². The van der Waals surface area contributed by atoms with Gasteiger partial charge >= 0.3 is 0 Å². The molecule has 1 saturated heterocycles. The molecule has 2 aromatic rings. The van der Waals surface area contributed by atoms with Crippen molar-refractivity contribution in [2.45, 2.75) is 46.0 Å². The molecule has 5 heteroatoms. The fourth-order valence-corrected chi connectivity index (χ4v) is 3.27. The maximum atomic E-state index is 12.7. The van der Waals surface area contributed by atoms with Gasteiger partial charge in [-0.15, -0.1) is 0 Å². The number of para-hydroxylation sites is 1. The first-order chi connectivity index (χ1) is 12.1. The molecule has 3 rings (SSSR count). The molecule has 1 amide bonds. The zero-order chi connectivity index (χ0) is 17.8. The number of benzene rings is 1. The van der Waals surface area contributed by atoms with Crippen molar-refractivity contribution in [3.63, 3.8) is 0 Å². The van der Waals surface area contributed by atoms with E-state index in [9.17, 15) is 4.79 Å². The molecule has 0 bridgehead atoms. The molecule has 5 nitrogen and oxygen atoms in total. The van der Waals surface area contributed by atoms with Crippen molar-refractivity contribution < 1.29 is 4.79 Å². The van der Waals surface area contributed by atoms with E-state index >= 15 is 0 Å². The molecule has 1 aromatic carbocycles. The van der Waals surface area contributed by atoms with E-state index in [0.717, 1.165) is 37.2 Å². The smallest absolute Gasteiger partial charge is 0.272 e. The lowest BCUT2D eigenvalue weighted by molar-refractivity contribution is 0.0718. The third-order valence-corrected chi connectivity index (χ3v) is 4.71. The second kappa shape index (κ2) is 7.64. The van der Waals surface area contributed by atoms with Crippen LogP contribution in [0.3, 0.4) is 0 Å². The standard InChI is InChI=1S/C20H26N4O/c1-14(2)16-9-7-8-15(3)19(16)23-18-12-17(21-13-22-18)20(25)24-10-5-4-6-11-24/h7-9,12-14H,4-6,10-11H2,1-3H3,(H,21,22,23). The number of hydrogen-bond acceptors (Lipinski definition) is 4. The molecule has 132 valence electrons. The van der Waals surface area contributed by atoms with E-state index in [-0.39, 0.29) is 5.91 Å². The average molecular weight is 338 g/mol. The lowest BCUT2D eigenvalue weighted by Gasteiger charge is -2.26. The van der Waals surface area contributed by atoms with Gasteiger partial charge < -0.3 is 10.2 Å². The van der Waals surface area contributed by atoms with Gasteiger partial charge in [0.2, 0.25) is 0 Å². The predicted molar refractivity (Wildman–Crippen MR) is 100 cm³/mol. The summed E-state index contributed by atoms with van der Waals surface area (Å²) in [5.74, 6) is 1.06. The third kappa shape index (κ3) is 3.98. The molecule has 1 N–H and O–H groups in total. The minimum absolute atomic E-state index is 0.000910. The summed E-state index contributed by atoms with van der Waals surface area (Å²) in [4.78, 5) is 23.1. The lowest BCUT2D eigenvalue weighted by atomic mass is 9.98. The average Bonchev–Trinajstić information content (AvgIpc) is 2.63. The molecule has 25 heavy (non-hydrogen) atoms. The Kier molecular flexibility index (Phi) is 5.31. The minimum Gasteiger partial charge on any atom is -0.340 e. The van der Waals surface area contributed by atoms with E-state index in [1.807, 2.05) is 4.90 Å². The zero-order valence-corrected chi connectivity index (χ0v) is 15.2. The fraction of sp³-hybridized carbons (Fsp3) is 0.450. The van der Waals surface area contributed by atoms with Gasteiger partial charge in [-0.25, -0.2) is 9.97 Å². The van der Waals surface area contributed by atoms with Crippen LogP contribution in [0.2, 0.25) is 0 Å². The fourth-order valence-electron chi connectivity index (χ4n) is 3.27. The van der Waals surface area contributed by atoms with Gasteiger partial charge in [-0.05, 0) is 43.2 Å².